The summed E-state index contributed by atoms with van der Waals surface area (Å²) in [4.78, 5) is 0.318. The summed E-state index contributed by atoms with van der Waals surface area (Å²) < 4.78 is 24.7. The number of aliphatic hydroxyl groups excluding tert-OH is 1. The SMILES string of the molecule is O=S(=O)(CCCCCCO)c1ccc(-c2ccc(Cl)cc2Cl)cc1. The van der Waals surface area contributed by atoms with Crippen molar-refractivity contribution in [3.05, 3.63) is 52.5 Å². The van der Waals surface area contributed by atoms with E-state index in [0.29, 0.717) is 21.4 Å². The monoisotopic (exact) mass is 386 g/mol. The first-order valence-corrected chi connectivity index (χ1v) is 10.2. The van der Waals surface area contributed by atoms with Crippen molar-refractivity contribution < 1.29 is 13.5 Å². The maximum Gasteiger partial charge on any atom is 0.178 e. The van der Waals surface area contributed by atoms with Crippen LogP contribution >= 0.6 is 23.2 Å². The van der Waals surface area contributed by atoms with E-state index in [4.69, 9.17) is 28.3 Å². The van der Waals surface area contributed by atoms with E-state index >= 15 is 0 Å². The molecule has 0 unspecified atom stereocenters. The molecule has 24 heavy (non-hydrogen) atoms. The predicted octanol–water partition coefficient (Wildman–Crippen LogP) is 4.99. The predicted molar refractivity (Wildman–Crippen MR) is 99.5 cm³/mol. The standard InChI is InChI=1S/C18H20Cl2O3S/c19-15-7-10-17(18(20)13-15)14-5-8-16(9-6-14)24(22,23)12-4-2-1-3-11-21/h5-10,13,21H,1-4,11-12H2. The fourth-order valence-corrected chi connectivity index (χ4v) is 4.33. The van der Waals surface area contributed by atoms with Gasteiger partial charge in [0, 0.05) is 22.2 Å². The van der Waals surface area contributed by atoms with Crippen LogP contribution in [0.15, 0.2) is 47.4 Å². The van der Waals surface area contributed by atoms with Crippen molar-refractivity contribution in [1.29, 1.82) is 0 Å². The van der Waals surface area contributed by atoms with Crippen LogP contribution < -0.4 is 0 Å². The quantitative estimate of drug-likeness (QED) is 0.650. The van der Waals surface area contributed by atoms with Crippen molar-refractivity contribution in [1.82, 2.24) is 0 Å². The van der Waals surface area contributed by atoms with Crippen LogP contribution in [-0.4, -0.2) is 25.9 Å². The summed E-state index contributed by atoms with van der Waals surface area (Å²) in [5.41, 5.74) is 1.66. The summed E-state index contributed by atoms with van der Waals surface area (Å²) in [5.74, 6) is 0.124. The third-order valence-electron chi connectivity index (χ3n) is 3.78. The Morgan fingerprint density at radius 1 is 0.875 bits per heavy atom. The van der Waals surface area contributed by atoms with Crippen LogP contribution in [0.25, 0.3) is 11.1 Å². The highest BCUT2D eigenvalue weighted by atomic mass is 35.5. The first-order chi connectivity index (χ1) is 11.4. The van der Waals surface area contributed by atoms with E-state index in [1.165, 1.54) is 0 Å². The summed E-state index contributed by atoms with van der Waals surface area (Å²) in [6.07, 6.45) is 2.97. The molecule has 0 radical (unpaired) electrons. The summed E-state index contributed by atoms with van der Waals surface area (Å²) in [6, 6.07) is 12.0. The molecule has 0 aliphatic rings. The van der Waals surface area contributed by atoms with Crippen molar-refractivity contribution in [3.8, 4) is 11.1 Å². The molecule has 2 aromatic carbocycles. The summed E-state index contributed by atoms with van der Waals surface area (Å²) in [6.45, 7) is 0.154. The zero-order valence-corrected chi connectivity index (χ0v) is 15.5. The number of hydrogen-bond donors (Lipinski definition) is 1. The van der Waals surface area contributed by atoms with Crippen LogP contribution in [0.1, 0.15) is 25.7 Å². The maximum atomic E-state index is 12.3. The molecule has 0 aromatic heterocycles. The highest BCUT2D eigenvalue weighted by molar-refractivity contribution is 7.91. The van der Waals surface area contributed by atoms with E-state index < -0.39 is 9.84 Å². The van der Waals surface area contributed by atoms with Crippen LogP contribution in [0.5, 0.6) is 0 Å². The molecule has 0 bridgehead atoms. The highest BCUT2D eigenvalue weighted by Crippen LogP contribution is 2.31. The second kappa shape index (κ2) is 8.86. The van der Waals surface area contributed by atoms with Crippen LogP contribution in [-0.2, 0) is 9.84 Å². The molecule has 0 atom stereocenters. The Balaban J connectivity index is 2.08. The number of unbranched alkanes of at least 4 members (excludes halogenated alkanes) is 3. The molecule has 2 rings (SSSR count). The molecule has 0 fully saturated rings. The Labute approximate surface area is 153 Å². The molecule has 0 saturated heterocycles. The van der Waals surface area contributed by atoms with Crippen LogP contribution in [0.2, 0.25) is 10.0 Å². The molecular weight excluding hydrogens is 367 g/mol. The molecule has 0 heterocycles. The van der Waals surface area contributed by atoms with Gasteiger partial charge in [0.05, 0.1) is 10.6 Å². The molecular formula is C18H20Cl2O3S. The lowest BCUT2D eigenvalue weighted by atomic mass is 10.1. The topological polar surface area (TPSA) is 54.4 Å². The smallest absolute Gasteiger partial charge is 0.178 e. The molecule has 3 nitrogen and oxygen atoms in total. The van der Waals surface area contributed by atoms with Gasteiger partial charge in [-0.05, 0) is 42.7 Å². The minimum atomic E-state index is -3.28. The summed E-state index contributed by atoms with van der Waals surface area (Å²) in [7, 11) is -3.28. The van der Waals surface area contributed by atoms with Gasteiger partial charge in [0.2, 0.25) is 0 Å². The molecule has 0 aliphatic carbocycles. The van der Waals surface area contributed by atoms with E-state index in [-0.39, 0.29) is 12.4 Å². The first-order valence-electron chi connectivity index (χ1n) is 7.83. The van der Waals surface area contributed by atoms with Crippen LogP contribution in [0, 0.1) is 0 Å². The van der Waals surface area contributed by atoms with Gasteiger partial charge in [0.1, 0.15) is 0 Å². The molecule has 2 aromatic rings. The molecule has 0 spiro atoms. The molecule has 0 aliphatic heterocycles. The third kappa shape index (κ3) is 5.21. The zero-order valence-electron chi connectivity index (χ0n) is 13.2. The van der Waals surface area contributed by atoms with Gasteiger partial charge in [0.25, 0.3) is 0 Å². The van der Waals surface area contributed by atoms with Gasteiger partial charge < -0.3 is 5.11 Å². The van der Waals surface area contributed by atoms with E-state index in [0.717, 1.165) is 30.4 Å². The third-order valence-corrected chi connectivity index (χ3v) is 6.14. The average Bonchev–Trinajstić information content (AvgIpc) is 2.55. The number of aliphatic hydroxyl groups is 1. The average molecular weight is 387 g/mol. The number of sulfone groups is 1. The summed E-state index contributed by atoms with van der Waals surface area (Å²) >= 11 is 12.1. The van der Waals surface area contributed by atoms with Crippen LogP contribution in [0.3, 0.4) is 0 Å². The first kappa shape index (κ1) is 19.3. The molecule has 1 N–H and O–H groups in total. The highest BCUT2D eigenvalue weighted by Gasteiger charge is 2.14. The van der Waals surface area contributed by atoms with E-state index in [1.807, 2.05) is 6.07 Å². The minimum absolute atomic E-state index is 0.124. The maximum absolute atomic E-state index is 12.3. The Kier molecular flexibility index (Phi) is 7.11. The molecule has 0 saturated carbocycles. The normalized spacial score (nSPS) is 11.6. The molecule has 6 heteroatoms. The van der Waals surface area contributed by atoms with Crippen LogP contribution in [0.4, 0.5) is 0 Å². The van der Waals surface area contributed by atoms with Gasteiger partial charge in [-0.15, -0.1) is 0 Å². The van der Waals surface area contributed by atoms with Crippen molar-refractivity contribution in [2.45, 2.75) is 30.6 Å². The van der Waals surface area contributed by atoms with Crippen molar-refractivity contribution in [3.63, 3.8) is 0 Å². The number of rotatable bonds is 8. The Hall–Kier alpha value is -1.07. The largest absolute Gasteiger partial charge is 0.396 e. The van der Waals surface area contributed by atoms with E-state index in [2.05, 4.69) is 0 Å². The fraction of sp³-hybridized carbons (Fsp3) is 0.333. The number of hydrogen-bond acceptors (Lipinski definition) is 3. The van der Waals surface area contributed by atoms with E-state index in [1.54, 1.807) is 36.4 Å². The Morgan fingerprint density at radius 2 is 1.54 bits per heavy atom. The number of halogens is 2. The van der Waals surface area contributed by atoms with Crippen molar-refractivity contribution >= 4 is 33.0 Å². The second-order valence-corrected chi connectivity index (χ2v) is 8.56. The minimum Gasteiger partial charge on any atom is -0.396 e. The number of benzene rings is 2. The van der Waals surface area contributed by atoms with Gasteiger partial charge in [-0.25, -0.2) is 8.42 Å². The molecule has 0 amide bonds. The van der Waals surface area contributed by atoms with Gasteiger partial charge in [0.15, 0.2) is 9.84 Å². The lowest BCUT2D eigenvalue weighted by Gasteiger charge is -2.08. The summed E-state index contributed by atoms with van der Waals surface area (Å²) in [5, 5.41) is 9.81. The van der Waals surface area contributed by atoms with Gasteiger partial charge in [-0.3, -0.25) is 0 Å². The Bertz CT molecular complexity index is 771. The lowest BCUT2D eigenvalue weighted by Crippen LogP contribution is -2.06. The van der Waals surface area contributed by atoms with Gasteiger partial charge >= 0.3 is 0 Å². The fourth-order valence-electron chi connectivity index (χ4n) is 2.44. The molecule has 130 valence electrons. The zero-order chi connectivity index (χ0) is 17.6. The van der Waals surface area contributed by atoms with Crippen molar-refractivity contribution in [2.75, 3.05) is 12.4 Å². The van der Waals surface area contributed by atoms with Crippen molar-refractivity contribution in [2.24, 2.45) is 0 Å². The lowest BCUT2D eigenvalue weighted by molar-refractivity contribution is 0.283. The van der Waals surface area contributed by atoms with E-state index in [9.17, 15) is 8.42 Å². The Morgan fingerprint density at radius 3 is 2.17 bits per heavy atom. The van der Waals surface area contributed by atoms with Gasteiger partial charge in [-0.2, -0.15) is 0 Å². The van der Waals surface area contributed by atoms with Gasteiger partial charge in [-0.1, -0.05) is 54.2 Å². The second-order valence-electron chi connectivity index (χ2n) is 5.61.